The topological polar surface area (TPSA) is 66.8 Å². The second kappa shape index (κ2) is 6.42. The van der Waals surface area contributed by atoms with Crippen LogP contribution in [-0.4, -0.2) is 48.2 Å². The number of fused-ring (bicyclic) bond motifs is 1. The highest BCUT2D eigenvalue weighted by Crippen LogP contribution is 2.44. The summed E-state index contributed by atoms with van der Waals surface area (Å²) in [4.78, 5) is 26.5. The van der Waals surface area contributed by atoms with Gasteiger partial charge in [-0.25, -0.2) is 0 Å². The molecule has 23 heavy (non-hydrogen) atoms. The minimum Gasteiger partial charge on any atom is -0.481 e. The van der Waals surface area contributed by atoms with Crippen LogP contribution in [0.1, 0.15) is 46.0 Å². The quantitative estimate of drug-likeness (QED) is 0.866. The third-order valence-corrected chi connectivity index (χ3v) is 6.51. The van der Waals surface area contributed by atoms with E-state index in [4.69, 9.17) is 4.74 Å². The van der Waals surface area contributed by atoms with Crippen molar-refractivity contribution in [1.29, 1.82) is 0 Å². The molecular formula is C18H29NO4. The third-order valence-electron chi connectivity index (χ3n) is 6.51. The van der Waals surface area contributed by atoms with Gasteiger partial charge in [0, 0.05) is 31.5 Å². The van der Waals surface area contributed by atoms with Crippen LogP contribution in [0, 0.1) is 29.1 Å². The highest BCUT2D eigenvalue weighted by molar-refractivity contribution is 5.82. The van der Waals surface area contributed by atoms with E-state index in [1.807, 2.05) is 4.90 Å². The molecule has 2 saturated heterocycles. The average molecular weight is 323 g/mol. The molecule has 5 heteroatoms. The Labute approximate surface area is 138 Å². The molecule has 0 bridgehead atoms. The van der Waals surface area contributed by atoms with Gasteiger partial charge in [-0.05, 0) is 43.9 Å². The van der Waals surface area contributed by atoms with Crippen LogP contribution in [0.4, 0.5) is 0 Å². The zero-order chi connectivity index (χ0) is 16.6. The molecule has 3 fully saturated rings. The molecule has 1 aliphatic carbocycles. The fraction of sp³-hybridized carbons (Fsp3) is 0.889. The van der Waals surface area contributed by atoms with Crippen LogP contribution in [-0.2, 0) is 14.3 Å². The largest absolute Gasteiger partial charge is 0.481 e. The summed E-state index contributed by atoms with van der Waals surface area (Å²) in [5.41, 5.74) is -0.775. The highest BCUT2D eigenvalue weighted by atomic mass is 16.5. The summed E-state index contributed by atoms with van der Waals surface area (Å²) >= 11 is 0. The fourth-order valence-electron chi connectivity index (χ4n) is 4.76. The SMILES string of the molecule is CC(C)C1CCC(C(=O)N2C[C@H]3COCC[C@@]3(C(=O)O)C2)CC1. The van der Waals surface area contributed by atoms with Crippen molar-refractivity contribution < 1.29 is 19.4 Å². The van der Waals surface area contributed by atoms with Crippen molar-refractivity contribution in [2.45, 2.75) is 46.0 Å². The van der Waals surface area contributed by atoms with Gasteiger partial charge >= 0.3 is 5.97 Å². The molecule has 5 nitrogen and oxygen atoms in total. The zero-order valence-corrected chi connectivity index (χ0v) is 14.3. The lowest BCUT2D eigenvalue weighted by Crippen LogP contribution is -2.45. The molecule has 1 amide bonds. The number of carboxylic acids is 1. The lowest BCUT2D eigenvalue weighted by Gasteiger charge is -2.34. The van der Waals surface area contributed by atoms with Gasteiger partial charge < -0.3 is 14.7 Å². The smallest absolute Gasteiger partial charge is 0.311 e. The van der Waals surface area contributed by atoms with Crippen molar-refractivity contribution in [3.63, 3.8) is 0 Å². The third kappa shape index (κ3) is 3.00. The summed E-state index contributed by atoms with van der Waals surface area (Å²) in [5.74, 6) is 0.889. The Morgan fingerprint density at radius 1 is 1.22 bits per heavy atom. The normalized spacial score (nSPS) is 37.7. The number of carbonyl (C=O) groups is 2. The Balaban J connectivity index is 1.64. The van der Waals surface area contributed by atoms with Crippen LogP contribution in [0.5, 0.6) is 0 Å². The maximum Gasteiger partial charge on any atom is 0.311 e. The second-order valence-corrected chi connectivity index (χ2v) is 8.06. The number of hydrogen-bond donors (Lipinski definition) is 1. The number of amides is 1. The predicted molar refractivity (Wildman–Crippen MR) is 85.9 cm³/mol. The predicted octanol–water partition coefficient (Wildman–Crippen LogP) is 2.40. The van der Waals surface area contributed by atoms with Gasteiger partial charge in [0.05, 0.1) is 12.0 Å². The first kappa shape index (κ1) is 16.7. The molecule has 3 aliphatic rings. The molecule has 0 aromatic heterocycles. The number of carboxylic acid groups (broad SMARTS) is 1. The maximum atomic E-state index is 12.9. The zero-order valence-electron chi connectivity index (χ0n) is 14.3. The first-order chi connectivity index (χ1) is 10.9. The first-order valence-electron chi connectivity index (χ1n) is 9.04. The van der Waals surface area contributed by atoms with E-state index in [0.717, 1.165) is 31.6 Å². The molecule has 2 heterocycles. The monoisotopic (exact) mass is 323 g/mol. The molecule has 3 rings (SSSR count). The van der Waals surface area contributed by atoms with Gasteiger partial charge in [-0.3, -0.25) is 9.59 Å². The van der Waals surface area contributed by atoms with Crippen LogP contribution in [0.15, 0.2) is 0 Å². The lowest BCUT2D eigenvalue weighted by molar-refractivity contribution is -0.157. The number of hydrogen-bond acceptors (Lipinski definition) is 3. The van der Waals surface area contributed by atoms with Crippen LogP contribution in [0.25, 0.3) is 0 Å². The maximum absolute atomic E-state index is 12.9. The molecule has 130 valence electrons. The van der Waals surface area contributed by atoms with Gasteiger partial charge in [0.15, 0.2) is 0 Å². The van der Waals surface area contributed by atoms with Gasteiger partial charge in [0.25, 0.3) is 0 Å². The van der Waals surface area contributed by atoms with E-state index in [-0.39, 0.29) is 17.7 Å². The van der Waals surface area contributed by atoms with Crippen LogP contribution in [0.3, 0.4) is 0 Å². The number of aliphatic carboxylic acids is 1. The molecule has 0 radical (unpaired) electrons. The van der Waals surface area contributed by atoms with E-state index >= 15 is 0 Å². The van der Waals surface area contributed by atoms with E-state index in [1.165, 1.54) is 0 Å². The minimum atomic E-state index is -0.775. The minimum absolute atomic E-state index is 0.0512. The lowest BCUT2D eigenvalue weighted by atomic mass is 9.74. The number of nitrogens with zero attached hydrogens (tertiary/aromatic N) is 1. The number of ether oxygens (including phenoxy) is 1. The van der Waals surface area contributed by atoms with Crippen molar-refractivity contribution in [2.24, 2.45) is 29.1 Å². The molecule has 1 saturated carbocycles. The Kier molecular flexibility index (Phi) is 4.68. The molecule has 0 spiro atoms. The van der Waals surface area contributed by atoms with E-state index in [9.17, 15) is 14.7 Å². The van der Waals surface area contributed by atoms with Crippen LogP contribution in [0.2, 0.25) is 0 Å². The van der Waals surface area contributed by atoms with Crippen LogP contribution < -0.4 is 0 Å². The van der Waals surface area contributed by atoms with Crippen LogP contribution >= 0.6 is 0 Å². The molecule has 0 aromatic rings. The summed E-state index contributed by atoms with van der Waals surface area (Å²) in [6.07, 6.45) is 4.69. The fourth-order valence-corrected chi connectivity index (χ4v) is 4.76. The molecule has 0 unspecified atom stereocenters. The summed E-state index contributed by atoms with van der Waals surface area (Å²) in [5, 5.41) is 9.71. The van der Waals surface area contributed by atoms with Crippen molar-refractivity contribution in [2.75, 3.05) is 26.3 Å². The number of likely N-dealkylation sites (tertiary alicyclic amines) is 1. The van der Waals surface area contributed by atoms with Crippen molar-refractivity contribution in [3.05, 3.63) is 0 Å². The van der Waals surface area contributed by atoms with Gasteiger partial charge in [-0.2, -0.15) is 0 Å². The summed E-state index contributed by atoms with van der Waals surface area (Å²) < 4.78 is 5.47. The standard InChI is InChI=1S/C18H29NO4/c1-12(2)13-3-5-14(6-4-13)16(20)19-9-15-10-23-8-7-18(15,11-19)17(21)22/h12-15H,3-11H2,1-2H3,(H,21,22)/t13?,14?,15-,18+/m0/s1. The van der Waals surface area contributed by atoms with E-state index in [0.29, 0.717) is 38.6 Å². The Morgan fingerprint density at radius 2 is 1.91 bits per heavy atom. The van der Waals surface area contributed by atoms with E-state index in [2.05, 4.69) is 13.8 Å². The Hall–Kier alpha value is -1.10. The Bertz CT molecular complexity index is 470. The molecular weight excluding hydrogens is 294 g/mol. The van der Waals surface area contributed by atoms with E-state index < -0.39 is 11.4 Å². The summed E-state index contributed by atoms with van der Waals surface area (Å²) in [6, 6.07) is 0. The summed E-state index contributed by atoms with van der Waals surface area (Å²) in [7, 11) is 0. The van der Waals surface area contributed by atoms with Crippen molar-refractivity contribution in [1.82, 2.24) is 4.90 Å². The van der Waals surface area contributed by atoms with E-state index in [1.54, 1.807) is 0 Å². The molecule has 2 atom stereocenters. The van der Waals surface area contributed by atoms with Gasteiger partial charge in [0.2, 0.25) is 5.91 Å². The van der Waals surface area contributed by atoms with Gasteiger partial charge in [-0.15, -0.1) is 0 Å². The van der Waals surface area contributed by atoms with Crippen molar-refractivity contribution in [3.8, 4) is 0 Å². The molecule has 1 N–H and O–H groups in total. The highest BCUT2D eigenvalue weighted by Gasteiger charge is 2.55. The number of rotatable bonds is 3. The van der Waals surface area contributed by atoms with Crippen molar-refractivity contribution >= 4 is 11.9 Å². The molecule has 2 aliphatic heterocycles. The average Bonchev–Trinajstić information content (AvgIpc) is 2.95. The first-order valence-corrected chi connectivity index (χ1v) is 9.04. The second-order valence-electron chi connectivity index (χ2n) is 8.06. The van der Waals surface area contributed by atoms with Gasteiger partial charge in [-0.1, -0.05) is 13.8 Å². The summed E-state index contributed by atoms with van der Waals surface area (Å²) in [6.45, 7) is 6.40. The number of carbonyl (C=O) groups excluding carboxylic acids is 1. The Morgan fingerprint density at radius 3 is 2.48 bits per heavy atom. The van der Waals surface area contributed by atoms with Gasteiger partial charge in [0.1, 0.15) is 0 Å². The molecule has 0 aromatic carbocycles.